The van der Waals surface area contributed by atoms with Crippen molar-refractivity contribution in [3.05, 3.63) is 12.1 Å². The molecule has 13 heavy (non-hydrogen) atoms. The largest absolute Gasteiger partial charge is 0.503 e. The first-order valence-corrected chi connectivity index (χ1v) is 4.58. The Balaban J connectivity index is 2.65. The Hall–Kier alpha value is -1.63. The Bertz CT molecular complexity index is 466. The second kappa shape index (κ2) is 2.19. The van der Waals surface area contributed by atoms with Gasteiger partial charge in [0.05, 0.1) is 5.69 Å². The van der Waals surface area contributed by atoms with Crippen molar-refractivity contribution < 1.29 is 21.9 Å². The summed E-state index contributed by atoms with van der Waals surface area (Å²) in [5.74, 6) is -0.759. The first-order valence-electron chi connectivity index (χ1n) is 3.25. The molecule has 0 amide bonds. The van der Waals surface area contributed by atoms with E-state index in [-0.39, 0.29) is 17.2 Å². The molecule has 0 saturated carbocycles. The molecule has 0 saturated heterocycles. The highest BCUT2D eigenvalue weighted by atomic mass is 32.3. The number of phenols is 1. The first-order chi connectivity index (χ1) is 5.99. The summed E-state index contributed by atoms with van der Waals surface area (Å²) in [5.41, 5.74) is 5.33. The summed E-state index contributed by atoms with van der Waals surface area (Å²) < 4.78 is 30.2. The van der Waals surface area contributed by atoms with E-state index in [2.05, 4.69) is 8.37 Å². The fraction of sp³-hybridized carbons (Fsp3) is 0. The Labute approximate surface area is 73.8 Å². The third-order valence-electron chi connectivity index (χ3n) is 1.50. The maximum atomic E-state index is 10.8. The van der Waals surface area contributed by atoms with Crippen LogP contribution in [0.15, 0.2) is 12.1 Å². The van der Waals surface area contributed by atoms with E-state index in [1.54, 1.807) is 0 Å². The van der Waals surface area contributed by atoms with Crippen molar-refractivity contribution in [2.75, 3.05) is 5.73 Å². The Morgan fingerprint density at radius 2 is 2.00 bits per heavy atom. The van der Waals surface area contributed by atoms with E-state index < -0.39 is 16.1 Å². The Kier molecular flexibility index (Phi) is 1.35. The van der Waals surface area contributed by atoms with E-state index in [0.717, 1.165) is 0 Å². The number of rotatable bonds is 0. The van der Waals surface area contributed by atoms with Crippen LogP contribution in [0.2, 0.25) is 0 Å². The highest BCUT2D eigenvalue weighted by molar-refractivity contribution is 7.82. The molecular formula is C6H5NO5S. The monoisotopic (exact) mass is 203 g/mol. The van der Waals surface area contributed by atoms with Gasteiger partial charge in [-0.05, 0) is 12.1 Å². The number of benzene rings is 1. The molecule has 0 spiro atoms. The van der Waals surface area contributed by atoms with Crippen molar-refractivity contribution in [2.45, 2.75) is 0 Å². The standard InChI is InChI=1S/C6H5NO5S/c7-3-1-2-4-6(5(3)8)12-13(9,10)11-4/h1-2,8H,7H2. The average molecular weight is 203 g/mol. The summed E-state index contributed by atoms with van der Waals surface area (Å²) in [6.07, 6.45) is 0. The minimum atomic E-state index is -4.06. The van der Waals surface area contributed by atoms with Crippen molar-refractivity contribution in [3.8, 4) is 17.2 Å². The van der Waals surface area contributed by atoms with E-state index in [1.807, 2.05) is 0 Å². The van der Waals surface area contributed by atoms with Gasteiger partial charge in [0.2, 0.25) is 5.75 Å². The molecule has 7 heteroatoms. The van der Waals surface area contributed by atoms with E-state index in [4.69, 9.17) is 5.73 Å². The van der Waals surface area contributed by atoms with Crippen LogP contribution >= 0.6 is 0 Å². The number of nitrogens with two attached hydrogens (primary N) is 1. The van der Waals surface area contributed by atoms with E-state index in [0.29, 0.717) is 0 Å². The summed E-state index contributed by atoms with van der Waals surface area (Å²) in [4.78, 5) is 0. The third kappa shape index (κ3) is 1.13. The fourth-order valence-electron chi connectivity index (χ4n) is 0.943. The normalized spacial score (nSPS) is 17.2. The van der Waals surface area contributed by atoms with Crippen LogP contribution in [-0.4, -0.2) is 13.5 Å². The molecule has 0 atom stereocenters. The molecule has 1 heterocycles. The third-order valence-corrected chi connectivity index (χ3v) is 2.26. The molecule has 3 N–H and O–H groups in total. The summed E-state index contributed by atoms with van der Waals surface area (Å²) >= 11 is 0. The molecule has 0 aromatic heterocycles. The molecule has 0 fully saturated rings. The van der Waals surface area contributed by atoms with Crippen LogP contribution in [-0.2, 0) is 10.4 Å². The lowest BCUT2D eigenvalue weighted by molar-refractivity contribution is 0.420. The second-order valence-electron chi connectivity index (χ2n) is 2.41. The molecule has 1 aliphatic rings. The van der Waals surface area contributed by atoms with Crippen LogP contribution in [0.5, 0.6) is 17.2 Å². The molecule has 0 radical (unpaired) electrons. The van der Waals surface area contributed by atoms with Crippen molar-refractivity contribution >= 4 is 16.1 Å². The first kappa shape index (κ1) is 7.99. The smallest absolute Gasteiger partial charge is 0.501 e. The van der Waals surface area contributed by atoms with Gasteiger partial charge in [0.1, 0.15) is 0 Å². The lowest BCUT2D eigenvalue weighted by atomic mass is 10.2. The van der Waals surface area contributed by atoms with Gasteiger partial charge in [-0.2, -0.15) is 0 Å². The van der Waals surface area contributed by atoms with Crippen molar-refractivity contribution in [1.29, 1.82) is 0 Å². The Morgan fingerprint density at radius 1 is 1.31 bits per heavy atom. The number of fused-ring (bicyclic) bond motifs is 1. The molecule has 1 aromatic carbocycles. The van der Waals surface area contributed by atoms with Gasteiger partial charge in [0, 0.05) is 0 Å². The highest BCUT2D eigenvalue weighted by Crippen LogP contribution is 2.45. The summed E-state index contributed by atoms with van der Waals surface area (Å²) in [5, 5.41) is 9.26. The lowest BCUT2D eigenvalue weighted by Gasteiger charge is -1.99. The summed E-state index contributed by atoms with van der Waals surface area (Å²) in [6.45, 7) is 0. The molecule has 0 bridgehead atoms. The van der Waals surface area contributed by atoms with Crippen LogP contribution in [0.1, 0.15) is 0 Å². The topological polar surface area (TPSA) is 98.9 Å². The zero-order chi connectivity index (χ0) is 9.64. The van der Waals surface area contributed by atoms with Crippen molar-refractivity contribution in [1.82, 2.24) is 0 Å². The minimum absolute atomic E-state index is 0.0273. The van der Waals surface area contributed by atoms with Gasteiger partial charge in [-0.25, -0.2) is 0 Å². The van der Waals surface area contributed by atoms with Crippen molar-refractivity contribution in [3.63, 3.8) is 0 Å². The van der Waals surface area contributed by atoms with E-state index >= 15 is 0 Å². The molecule has 70 valence electrons. The number of phenolic OH excluding ortho intramolecular Hbond substituents is 1. The van der Waals surface area contributed by atoms with Crippen LogP contribution in [0.4, 0.5) is 5.69 Å². The predicted molar refractivity (Wildman–Crippen MR) is 42.7 cm³/mol. The number of aromatic hydroxyl groups is 1. The molecule has 0 unspecified atom stereocenters. The number of hydrogen-bond acceptors (Lipinski definition) is 6. The molecule has 2 rings (SSSR count). The quantitative estimate of drug-likeness (QED) is 0.454. The lowest BCUT2D eigenvalue weighted by Crippen LogP contribution is -2.08. The van der Waals surface area contributed by atoms with Gasteiger partial charge in [0.15, 0.2) is 11.5 Å². The maximum absolute atomic E-state index is 10.8. The van der Waals surface area contributed by atoms with Crippen LogP contribution in [0, 0.1) is 0 Å². The number of hydrogen-bond donors (Lipinski definition) is 2. The second-order valence-corrected chi connectivity index (χ2v) is 3.56. The minimum Gasteiger partial charge on any atom is -0.503 e. The summed E-state index contributed by atoms with van der Waals surface area (Å²) in [7, 11) is -4.06. The SMILES string of the molecule is Nc1ccc2c(c1O)OS(=O)(=O)O2. The fourth-order valence-corrected chi connectivity index (χ4v) is 1.69. The van der Waals surface area contributed by atoms with E-state index in [9.17, 15) is 13.5 Å². The van der Waals surface area contributed by atoms with Crippen LogP contribution in [0.25, 0.3) is 0 Å². The Morgan fingerprint density at radius 3 is 2.69 bits per heavy atom. The molecule has 1 aliphatic heterocycles. The van der Waals surface area contributed by atoms with Crippen LogP contribution < -0.4 is 14.1 Å². The maximum Gasteiger partial charge on any atom is 0.501 e. The van der Waals surface area contributed by atoms with Gasteiger partial charge in [-0.15, -0.1) is 8.42 Å². The number of anilines is 1. The molecular weight excluding hydrogens is 198 g/mol. The number of nitrogen functional groups attached to an aromatic ring is 1. The van der Waals surface area contributed by atoms with Gasteiger partial charge in [-0.1, -0.05) is 0 Å². The average Bonchev–Trinajstić information content (AvgIpc) is 2.34. The van der Waals surface area contributed by atoms with E-state index in [1.165, 1.54) is 12.1 Å². The van der Waals surface area contributed by atoms with Crippen molar-refractivity contribution in [2.24, 2.45) is 0 Å². The highest BCUT2D eigenvalue weighted by Gasteiger charge is 2.31. The van der Waals surface area contributed by atoms with Gasteiger partial charge in [-0.3, -0.25) is 0 Å². The summed E-state index contributed by atoms with van der Waals surface area (Å²) in [6, 6.07) is 2.62. The zero-order valence-electron chi connectivity index (χ0n) is 6.22. The van der Waals surface area contributed by atoms with Gasteiger partial charge < -0.3 is 19.2 Å². The van der Waals surface area contributed by atoms with Gasteiger partial charge >= 0.3 is 10.4 Å². The molecule has 1 aromatic rings. The van der Waals surface area contributed by atoms with Crippen LogP contribution in [0.3, 0.4) is 0 Å². The predicted octanol–water partition coefficient (Wildman–Crippen LogP) is -0.00960. The zero-order valence-corrected chi connectivity index (χ0v) is 7.04. The molecule has 0 aliphatic carbocycles. The molecule has 6 nitrogen and oxygen atoms in total. The van der Waals surface area contributed by atoms with Gasteiger partial charge in [0.25, 0.3) is 0 Å².